The first-order valence-electron chi connectivity index (χ1n) is 9.45. The first kappa shape index (κ1) is 22.1. The van der Waals surface area contributed by atoms with E-state index in [1.54, 1.807) is 11.0 Å². The van der Waals surface area contributed by atoms with E-state index in [1.807, 2.05) is 27.7 Å². The number of carbonyl (C=O) groups is 1. The van der Waals surface area contributed by atoms with E-state index >= 15 is 0 Å². The molecule has 6 nitrogen and oxygen atoms in total. The summed E-state index contributed by atoms with van der Waals surface area (Å²) < 4.78 is 33.3. The van der Waals surface area contributed by atoms with Gasteiger partial charge in [0, 0.05) is 31.7 Å². The number of morpholine rings is 1. The van der Waals surface area contributed by atoms with Crippen LogP contribution in [0.15, 0.2) is 23.1 Å². The molecule has 0 aromatic heterocycles. The number of ether oxygens (including phenoxy) is 1. The lowest BCUT2D eigenvalue weighted by Crippen LogP contribution is -2.48. The van der Waals surface area contributed by atoms with Crippen molar-refractivity contribution >= 4 is 27.5 Å². The van der Waals surface area contributed by atoms with Crippen LogP contribution in [-0.4, -0.2) is 61.9 Å². The molecule has 8 heteroatoms. The maximum Gasteiger partial charge on any atom is 0.253 e. The molecule has 2 atom stereocenters. The fourth-order valence-electron chi connectivity index (χ4n) is 3.34. The monoisotopic (exact) mass is 416 g/mol. The van der Waals surface area contributed by atoms with Gasteiger partial charge in [-0.25, -0.2) is 8.42 Å². The molecular weight excluding hydrogens is 388 g/mol. The lowest BCUT2D eigenvalue weighted by molar-refractivity contribution is -0.0440. The summed E-state index contributed by atoms with van der Waals surface area (Å²) in [6.07, 6.45) is 1.29. The Kier molecular flexibility index (Phi) is 7.68. The van der Waals surface area contributed by atoms with Crippen molar-refractivity contribution in [2.75, 3.05) is 26.2 Å². The highest BCUT2D eigenvalue weighted by atomic mass is 35.5. The zero-order chi connectivity index (χ0) is 20.2. The van der Waals surface area contributed by atoms with Gasteiger partial charge < -0.3 is 9.64 Å². The fourth-order valence-corrected chi connectivity index (χ4v) is 5.43. The van der Waals surface area contributed by atoms with Crippen molar-refractivity contribution in [1.29, 1.82) is 0 Å². The number of amides is 1. The summed E-state index contributed by atoms with van der Waals surface area (Å²) in [7, 11) is -3.81. The average molecular weight is 417 g/mol. The van der Waals surface area contributed by atoms with E-state index < -0.39 is 10.0 Å². The molecule has 2 unspecified atom stereocenters. The fraction of sp³-hybridized carbons (Fsp3) is 0.632. The van der Waals surface area contributed by atoms with Crippen LogP contribution in [0, 0.1) is 0 Å². The lowest BCUT2D eigenvalue weighted by atomic mass is 10.2. The van der Waals surface area contributed by atoms with Crippen LogP contribution in [0.3, 0.4) is 0 Å². The summed E-state index contributed by atoms with van der Waals surface area (Å²) in [6.45, 7) is 9.49. The Balaban J connectivity index is 2.37. The van der Waals surface area contributed by atoms with Gasteiger partial charge in [-0.1, -0.05) is 25.4 Å². The molecule has 1 aliphatic heterocycles. The van der Waals surface area contributed by atoms with Crippen LogP contribution in [-0.2, 0) is 14.8 Å². The van der Waals surface area contributed by atoms with Crippen LogP contribution in [0.25, 0.3) is 0 Å². The molecule has 0 bridgehead atoms. The van der Waals surface area contributed by atoms with Crippen molar-refractivity contribution in [3.05, 3.63) is 28.8 Å². The largest absolute Gasteiger partial charge is 0.373 e. The molecule has 152 valence electrons. The molecule has 0 radical (unpaired) electrons. The number of rotatable bonds is 7. The van der Waals surface area contributed by atoms with Crippen LogP contribution in [0.1, 0.15) is 50.9 Å². The van der Waals surface area contributed by atoms with Gasteiger partial charge in [0.15, 0.2) is 0 Å². The van der Waals surface area contributed by atoms with Gasteiger partial charge >= 0.3 is 0 Å². The minimum Gasteiger partial charge on any atom is -0.373 e. The second kappa shape index (κ2) is 9.37. The highest BCUT2D eigenvalue weighted by Crippen LogP contribution is 2.28. The van der Waals surface area contributed by atoms with Crippen molar-refractivity contribution < 1.29 is 17.9 Å². The third-order valence-corrected chi connectivity index (χ3v) is 6.77. The third-order valence-electron chi connectivity index (χ3n) is 4.46. The van der Waals surface area contributed by atoms with Crippen molar-refractivity contribution in [2.24, 2.45) is 0 Å². The van der Waals surface area contributed by atoms with Gasteiger partial charge in [0.05, 0.1) is 17.2 Å². The number of nitrogens with zero attached hydrogens (tertiary/aromatic N) is 2. The molecule has 1 aromatic rings. The maximum atomic E-state index is 13.2. The van der Waals surface area contributed by atoms with E-state index in [9.17, 15) is 13.2 Å². The molecule has 0 saturated carbocycles. The van der Waals surface area contributed by atoms with E-state index in [4.69, 9.17) is 16.3 Å². The molecule has 1 fully saturated rings. The second-order valence-electron chi connectivity index (χ2n) is 7.02. The predicted octanol–water partition coefficient (Wildman–Crippen LogP) is 3.40. The van der Waals surface area contributed by atoms with Gasteiger partial charge in [-0.3, -0.25) is 4.79 Å². The molecule has 1 heterocycles. The van der Waals surface area contributed by atoms with E-state index in [2.05, 4.69) is 0 Å². The average Bonchev–Trinajstić information content (AvgIpc) is 2.60. The Labute approximate surface area is 167 Å². The van der Waals surface area contributed by atoms with E-state index in [0.717, 1.165) is 12.8 Å². The summed E-state index contributed by atoms with van der Waals surface area (Å²) in [4.78, 5) is 14.6. The number of halogens is 1. The van der Waals surface area contributed by atoms with Crippen molar-refractivity contribution in [3.8, 4) is 0 Å². The number of hydrogen-bond donors (Lipinski definition) is 0. The summed E-state index contributed by atoms with van der Waals surface area (Å²) in [6, 6.07) is 4.49. The molecule has 0 aliphatic carbocycles. The molecule has 27 heavy (non-hydrogen) atoms. The smallest absolute Gasteiger partial charge is 0.253 e. The van der Waals surface area contributed by atoms with Gasteiger partial charge in [-0.05, 0) is 44.9 Å². The molecule has 2 rings (SSSR count). The molecule has 1 aliphatic rings. The van der Waals surface area contributed by atoms with Crippen LogP contribution in [0.4, 0.5) is 0 Å². The van der Waals surface area contributed by atoms with Crippen molar-refractivity contribution in [2.45, 2.75) is 57.6 Å². The van der Waals surface area contributed by atoms with Crippen LogP contribution in [0.2, 0.25) is 5.02 Å². The van der Waals surface area contributed by atoms with Crippen LogP contribution < -0.4 is 0 Å². The summed E-state index contributed by atoms with van der Waals surface area (Å²) in [5.74, 6) is -0.171. The summed E-state index contributed by atoms with van der Waals surface area (Å²) >= 11 is 6.22. The second-order valence-corrected chi connectivity index (χ2v) is 9.33. The summed E-state index contributed by atoms with van der Waals surface area (Å²) in [5, 5.41) is 0.121. The molecule has 0 spiro atoms. The Hall–Kier alpha value is -1.15. The minimum atomic E-state index is -3.81. The van der Waals surface area contributed by atoms with Crippen molar-refractivity contribution in [3.63, 3.8) is 0 Å². The number of carbonyl (C=O) groups excluding carboxylic acids is 1. The maximum absolute atomic E-state index is 13.2. The standard InChI is InChI=1S/C19H29ClN2O4S/c1-5-9-21(10-6-2)19(23)16-7-8-17(20)18(11-16)27(24,25)22-12-14(3)26-15(4)13-22/h7-8,11,14-15H,5-6,9-10,12-13H2,1-4H3. The van der Waals surface area contributed by atoms with E-state index in [1.165, 1.54) is 16.4 Å². The van der Waals surface area contributed by atoms with Crippen LogP contribution in [0.5, 0.6) is 0 Å². The third kappa shape index (κ3) is 5.22. The molecule has 1 aromatic carbocycles. The Morgan fingerprint density at radius 1 is 1.19 bits per heavy atom. The Morgan fingerprint density at radius 2 is 1.74 bits per heavy atom. The number of sulfonamides is 1. The zero-order valence-electron chi connectivity index (χ0n) is 16.4. The Morgan fingerprint density at radius 3 is 2.26 bits per heavy atom. The lowest BCUT2D eigenvalue weighted by Gasteiger charge is -2.34. The minimum absolute atomic E-state index is 0.0238. The van der Waals surface area contributed by atoms with Gasteiger partial charge in [-0.2, -0.15) is 4.31 Å². The molecule has 1 amide bonds. The first-order valence-corrected chi connectivity index (χ1v) is 11.3. The van der Waals surface area contributed by atoms with Gasteiger partial charge in [0.25, 0.3) is 5.91 Å². The quantitative estimate of drug-likeness (QED) is 0.683. The van der Waals surface area contributed by atoms with Crippen molar-refractivity contribution in [1.82, 2.24) is 9.21 Å². The number of hydrogen-bond acceptors (Lipinski definition) is 4. The summed E-state index contributed by atoms with van der Waals surface area (Å²) in [5.41, 5.74) is 0.342. The molecule has 0 N–H and O–H groups in total. The van der Waals surface area contributed by atoms with Gasteiger partial charge in [0.1, 0.15) is 4.90 Å². The SMILES string of the molecule is CCCN(CCC)C(=O)c1ccc(Cl)c(S(=O)(=O)N2CC(C)OC(C)C2)c1. The molecular formula is C19H29ClN2O4S. The predicted molar refractivity (Wildman–Crippen MR) is 107 cm³/mol. The van der Waals surface area contributed by atoms with Gasteiger partial charge in [0.2, 0.25) is 10.0 Å². The number of benzene rings is 1. The first-order chi connectivity index (χ1) is 12.7. The van der Waals surface area contributed by atoms with Gasteiger partial charge in [-0.15, -0.1) is 0 Å². The molecule has 1 saturated heterocycles. The zero-order valence-corrected chi connectivity index (χ0v) is 18.0. The normalized spacial score (nSPS) is 21.2. The van der Waals surface area contributed by atoms with E-state index in [0.29, 0.717) is 18.7 Å². The van der Waals surface area contributed by atoms with Crippen LogP contribution >= 0.6 is 11.6 Å². The topological polar surface area (TPSA) is 66.9 Å². The highest BCUT2D eigenvalue weighted by molar-refractivity contribution is 7.89. The Bertz CT molecular complexity index is 753. The van der Waals surface area contributed by atoms with E-state index in [-0.39, 0.29) is 41.1 Å². The highest BCUT2D eigenvalue weighted by Gasteiger charge is 2.34.